The van der Waals surface area contributed by atoms with Gasteiger partial charge in [0.05, 0.1) is 6.42 Å². The van der Waals surface area contributed by atoms with E-state index in [4.69, 9.17) is 5.73 Å². The SMILES string of the molecule is NC1CCNC1CC(F)(F)F. The molecule has 0 aromatic heterocycles. The van der Waals surface area contributed by atoms with E-state index in [2.05, 4.69) is 5.32 Å². The maximum atomic E-state index is 11.8. The minimum atomic E-state index is -4.10. The Labute approximate surface area is 62.9 Å². The third-order valence-corrected chi connectivity index (χ3v) is 1.85. The quantitative estimate of drug-likeness (QED) is 0.602. The van der Waals surface area contributed by atoms with E-state index in [1.54, 1.807) is 0 Å². The van der Waals surface area contributed by atoms with Gasteiger partial charge in [0, 0.05) is 12.1 Å². The zero-order chi connectivity index (χ0) is 8.48. The lowest BCUT2D eigenvalue weighted by atomic mass is 10.1. The average molecular weight is 168 g/mol. The van der Waals surface area contributed by atoms with E-state index in [1.807, 2.05) is 0 Å². The summed E-state index contributed by atoms with van der Waals surface area (Å²) in [5.74, 6) is 0. The van der Waals surface area contributed by atoms with Crippen LogP contribution in [0, 0.1) is 0 Å². The Hall–Kier alpha value is -0.290. The first-order chi connectivity index (χ1) is 4.99. The van der Waals surface area contributed by atoms with E-state index in [-0.39, 0.29) is 6.04 Å². The van der Waals surface area contributed by atoms with Crippen LogP contribution in [0.5, 0.6) is 0 Å². The monoisotopic (exact) mass is 168 g/mol. The molecular weight excluding hydrogens is 157 g/mol. The Bertz CT molecular complexity index is 134. The zero-order valence-electron chi connectivity index (χ0n) is 5.99. The van der Waals surface area contributed by atoms with Crippen molar-refractivity contribution in [2.45, 2.75) is 31.1 Å². The first-order valence-electron chi connectivity index (χ1n) is 3.55. The molecule has 2 atom stereocenters. The number of nitrogens with two attached hydrogens (primary N) is 1. The van der Waals surface area contributed by atoms with Crippen molar-refractivity contribution in [3.05, 3.63) is 0 Å². The van der Waals surface area contributed by atoms with Gasteiger partial charge in [-0.25, -0.2) is 0 Å². The number of hydrogen-bond acceptors (Lipinski definition) is 2. The van der Waals surface area contributed by atoms with E-state index in [9.17, 15) is 13.2 Å². The number of halogens is 3. The van der Waals surface area contributed by atoms with Gasteiger partial charge in [-0.15, -0.1) is 0 Å². The topological polar surface area (TPSA) is 38.0 Å². The molecule has 0 aromatic rings. The first kappa shape index (κ1) is 8.80. The Balaban J connectivity index is 2.37. The van der Waals surface area contributed by atoms with Crippen LogP contribution in [0.3, 0.4) is 0 Å². The lowest BCUT2D eigenvalue weighted by Crippen LogP contribution is -2.39. The van der Waals surface area contributed by atoms with Crippen molar-refractivity contribution in [1.29, 1.82) is 0 Å². The van der Waals surface area contributed by atoms with Gasteiger partial charge in [0.15, 0.2) is 0 Å². The lowest BCUT2D eigenvalue weighted by Gasteiger charge is -2.16. The van der Waals surface area contributed by atoms with Crippen molar-refractivity contribution in [2.24, 2.45) is 5.73 Å². The zero-order valence-corrected chi connectivity index (χ0v) is 5.99. The summed E-state index contributed by atoms with van der Waals surface area (Å²) in [6.45, 7) is 0.599. The normalized spacial score (nSPS) is 32.7. The van der Waals surface area contributed by atoms with Gasteiger partial charge in [0.2, 0.25) is 0 Å². The summed E-state index contributed by atoms with van der Waals surface area (Å²) in [5, 5.41) is 2.72. The fourth-order valence-electron chi connectivity index (χ4n) is 1.26. The number of hydrogen-bond donors (Lipinski definition) is 2. The third kappa shape index (κ3) is 2.67. The second-order valence-corrected chi connectivity index (χ2v) is 2.83. The molecule has 5 heteroatoms. The van der Waals surface area contributed by atoms with Crippen LogP contribution in [0.15, 0.2) is 0 Å². The van der Waals surface area contributed by atoms with Gasteiger partial charge in [0.1, 0.15) is 0 Å². The molecule has 1 aliphatic heterocycles. The third-order valence-electron chi connectivity index (χ3n) is 1.85. The van der Waals surface area contributed by atoms with Crippen LogP contribution in [-0.2, 0) is 0 Å². The molecule has 2 nitrogen and oxygen atoms in total. The van der Waals surface area contributed by atoms with Crippen molar-refractivity contribution in [3.63, 3.8) is 0 Å². The van der Waals surface area contributed by atoms with Gasteiger partial charge in [-0.2, -0.15) is 13.2 Å². The van der Waals surface area contributed by atoms with Crippen molar-refractivity contribution in [3.8, 4) is 0 Å². The molecule has 1 saturated heterocycles. The molecule has 11 heavy (non-hydrogen) atoms. The Morgan fingerprint density at radius 2 is 2.09 bits per heavy atom. The maximum absolute atomic E-state index is 11.8. The number of rotatable bonds is 1. The molecule has 0 radical (unpaired) electrons. The van der Waals surface area contributed by atoms with Gasteiger partial charge in [-0.3, -0.25) is 0 Å². The average Bonchev–Trinajstić information content (AvgIpc) is 2.12. The molecule has 0 bridgehead atoms. The highest BCUT2D eigenvalue weighted by molar-refractivity contribution is 4.87. The van der Waals surface area contributed by atoms with Crippen molar-refractivity contribution >= 4 is 0 Å². The highest BCUT2D eigenvalue weighted by atomic mass is 19.4. The molecule has 66 valence electrons. The molecule has 0 amide bonds. The molecule has 0 spiro atoms. The minimum absolute atomic E-state index is 0.336. The predicted octanol–water partition coefficient (Wildman–Crippen LogP) is 0.628. The van der Waals surface area contributed by atoms with Crippen molar-refractivity contribution in [1.82, 2.24) is 5.32 Å². The molecule has 3 N–H and O–H groups in total. The van der Waals surface area contributed by atoms with Crippen LogP contribution in [0.25, 0.3) is 0 Å². The van der Waals surface area contributed by atoms with E-state index in [0.29, 0.717) is 13.0 Å². The predicted molar refractivity (Wildman–Crippen MR) is 35.1 cm³/mol. The highest BCUT2D eigenvalue weighted by Gasteiger charge is 2.36. The molecule has 1 fully saturated rings. The molecule has 0 aliphatic carbocycles. The van der Waals surface area contributed by atoms with Crippen LogP contribution in [0.4, 0.5) is 13.2 Å². The first-order valence-corrected chi connectivity index (χ1v) is 3.55. The van der Waals surface area contributed by atoms with E-state index in [0.717, 1.165) is 0 Å². The smallest absolute Gasteiger partial charge is 0.326 e. The van der Waals surface area contributed by atoms with Gasteiger partial charge in [-0.1, -0.05) is 0 Å². The fourth-order valence-corrected chi connectivity index (χ4v) is 1.26. The van der Waals surface area contributed by atoms with Gasteiger partial charge < -0.3 is 11.1 Å². The Morgan fingerprint density at radius 1 is 1.45 bits per heavy atom. The largest absolute Gasteiger partial charge is 0.390 e. The number of alkyl halides is 3. The second-order valence-electron chi connectivity index (χ2n) is 2.83. The number of nitrogens with one attached hydrogen (secondary N) is 1. The van der Waals surface area contributed by atoms with E-state index in [1.165, 1.54) is 0 Å². The van der Waals surface area contributed by atoms with Crippen molar-refractivity contribution in [2.75, 3.05) is 6.54 Å². The summed E-state index contributed by atoms with van der Waals surface area (Å²) >= 11 is 0. The summed E-state index contributed by atoms with van der Waals surface area (Å²) in [4.78, 5) is 0. The molecule has 1 heterocycles. The van der Waals surface area contributed by atoms with Gasteiger partial charge in [-0.05, 0) is 13.0 Å². The molecule has 0 saturated carbocycles. The Kier molecular flexibility index (Phi) is 2.39. The van der Waals surface area contributed by atoms with E-state index >= 15 is 0 Å². The summed E-state index contributed by atoms with van der Waals surface area (Å²) in [6, 6.07) is -0.911. The fraction of sp³-hybridized carbons (Fsp3) is 1.00. The van der Waals surface area contributed by atoms with E-state index < -0.39 is 18.6 Å². The van der Waals surface area contributed by atoms with Crippen LogP contribution in [0.1, 0.15) is 12.8 Å². The summed E-state index contributed by atoms with van der Waals surface area (Å²) in [6.07, 6.45) is -4.27. The molecule has 1 aliphatic rings. The Morgan fingerprint density at radius 3 is 2.45 bits per heavy atom. The summed E-state index contributed by atoms with van der Waals surface area (Å²) < 4.78 is 35.4. The summed E-state index contributed by atoms with van der Waals surface area (Å²) in [5.41, 5.74) is 5.42. The van der Waals surface area contributed by atoms with Crippen LogP contribution in [0.2, 0.25) is 0 Å². The van der Waals surface area contributed by atoms with Crippen LogP contribution >= 0.6 is 0 Å². The molecule has 2 unspecified atom stereocenters. The van der Waals surface area contributed by atoms with Gasteiger partial charge >= 0.3 is 6.18 Å². The van der Waals surface area contributed by atoms with Gasteiger partial charge in [0.25, 0.3) is 0 Å². The summed E-state index contributed by atoms with van der Waals surface area (Å²) in [7, 11) is 0. The van der Waals surface area contributed by atoms with Crippen LogP contribution < -0.4 is 11.1 Å². The maximum Gasteiger partial charge on any atom is 0.390 e. The standard InChI is InChI=1S/C6H11F3N2/c7-6(8,9)3-5-4(10)1-2-11-5/h4-5,11H,1-3,10H2. The van der Waals surface area contributed by atoms with Crippen LogP contribution in [-0.4, -0.2) is 24.8 Å². The van der Waals surface area contributed by atoms with Crippen molar-refractivity contribution < 1.29 is 13.2 Å². The second kappa shape index (κ2) is 2.98. The molecule has 0 aromatic carbocycles. The minimum Gasteiger partial charge on any atom is -0.326 e. The highest BCUT2D eigenvalue weighted by Crippen LogP contribution is 2.24. The molecular formula is C6H11F3N2. The lowest BCUT2D eigenvalue weighted by molar-refractivity contribution is -0.139. The molecule has 1 rings (SSSR count).